The van der Waals surface area contributed by atoms with Gasteiger partial charge in [-0.25, -0.2) is 0 Å². The zero-order chi connectivity index (χ0) is 15.9. The third-order valence-corrected chi connectivity index (χ3v) is 3.97. The molecule has 1 heterocycles. The lowest BCUT2D eigenvalue weighted by Crippen LogP contribution is -2.48. The van der Waals surface area contributed by atoms with Crippen LogP contribution in [0, 0.1) is 0 Å². The Morgan fingerprint density at radius 1 is 1.18 bits per heavy atom. The van der Waals surface area contributed by atoms with Gasteiger partial charge < -0.3 is 19.3 Å². The Balaban J connectivity index is 2.03. The number of rotatable bonds is 5. The molecule has 1 aromatic carbocycles. The van der Waals surface area contributed by atoms with Gasteiger partial charge in [0.05, 0.1) is 14.2 Å². The van der Waals surface area contributed by atoms with Crippen LogP contribution in [0.25, 0.3) is 6.08 Å². The second-order valence-electron chi connectivity index (χ2n) is 5.20. The molecule has 1 aliphatic heterocycles. The number of piperazine rings is 1. The zero-order valence-electron chi connectivity index (χ0n) is 13.5. The molecule has 0 aromatic heterocycles. The van der Waals surface area contributed by atoms with Crippen molar-refractivity contribution in [1.29, 1.82) is 0 Å². The fourth-order valence-electron chi connectivity index (χ4n) is 2.52. The quantitative estimate of drug-likeness (QED) is 0.779. The minimum atomic E-state index is 0.0422. The highest BCUT2D eigenvalue weighted by Gasteiger charge is 2.18. The van der Waals surface area contributed by atoms with E-state index in [0.717, 1.165) is 49.8 Å². The smallest absolute Gasteiger partial charge is 0.246 e. The number of carbonyl (C=O) groups is 1. The molecule has 0 atom stereocenters. The van der Waals surface area contributed by atoms with Crippen molar-refractivity contribution in [1.82, 2.24) is 9.80 Å². The molecule has 0 unspecified atom stereocenters. The summed E-state index contributed by atoms with van der Waals surface area (Å²) in [6.45, 7) is 6.64. The molecule has 120 valence electrons. The van der Waals surface area contributed by atoms with Crippen molar-refractivity contribution >= 4 is 12.0 Å². The normalized spacial score (nSPS) is 16.0. The molecule has 0 aliphatic carbocycles. The number of likely N-dealkylation sites (N-methyl/N-ethyl adjacent to an activating group) is 1. The number of hydrogen-bond donors (Lipinski definition) is 0. The summed E-state index contributed by atoms with van der Waals surface area (Å²) in [5.41, 5.74) is 0.836. The van der Waals surface area contributed by atoms with Crippen LogP contribution in [0.4, 0.5) is 0 Å². The number of benzene rings is 1. The summed E-state index contributed by atoms with van der Waals surface area (Å²) < 4.78 is 10.5. The predicted molar refractivity (Wildman–Crippen MR) is 87.3 cm³/mol. The van der Waals surface area contributed by atoms with Gasteiger partial charge in [0.15, 0.2) is 0 Å². The number of ether oxygens (including phenoxy) is 2. The Kier molecular flexibility index (Phi) is 5.83. The van der Waals surface area contributed by atoms with E-state index < -0.39 is 0 Å². The molecule has 1 fully saturated rings. The van der Waals surface area contributed by atoms with Crippen molar-refractivity contribution in [3.63, 3.8) is 0 Å². The molecule has 22 heavy (non-hydrogen) atoms. The van der Waals surface area contributed by atoms with E-state index in [4.69, 9.17) is 9.47 Å². The van der Waals surface area contributed by atoms with Crippen LogP contribution in [0.3, 0.4) is 0 Å². The lowest BCUT2D eigenvalue weighted by Gasteiger charge is -2.33. The van der Waals surface area contributed by atoms with Crippen LogP contribution in [0.5, 0.6) is 11.5 Å². The van der Waals surface area contributed by atoms with E-state index in [1.807, 2.05) is 23.1 Å². The molecule has 5 heteroatoms. The van der Waals surface area contributed by atoms with Crippen LogP contribution in [0.2, 0.25) is 0 Å². The SMILES string of the molecule is CCN1CCN(C(=O)C=Cc2cc(OC)ccc2OC)CC1. The first-order chi connectivity index (χ1) is 10.7. The van der Waals surface area contributed by atoms with Crippen LogP contribution in [-0.4, -0.2) is 62.7 Å². The van der Waals surface area contributed by atoms with Gasteiger partial charge in [-0.05, 0) is 30.8 Å². The maximum Gasteiger partial charge on any atom is 0.246 e. The Hall–Kier alpha value is -2.01. The summed E-state index contributed by atoms with van der Waals surface area (Å²) in [5, 5.41) is 0. The molecule has 0 saturated carbocycles. The summed E-state index contributed by atoms with van der Waals surface area (Å²) >= 11 is 0. The molecule has 2 rings (SSSR count). The molecule has 1 aromatic rings. The topological polar surface area (TPSA) is 42.0 Å². The first kappa shape index (κ1) is 16.4. The molecular formula is C17H24N2O3. The first-order valence-electron chi connectivity index (χ1n) is 7.59. The summed E-state index contributed by atoms with van der Waals surface area (Å²) in [6.07, 6.45) is 3.40. The van der Waals surface area contributed by atoms with Crippen LogP contribution >= 0.6 is 0 Å². The maximum atomic E-state index is 12.3. The second kappa shape index (κ2) is 7.84. The maximum absolute atomic E-state index is 12.3. The van der Waals surface area contributed by atoms with Crippen molar-refractivity contribution in [3.05, 3.63) is 29.8 Å². The van der Waals surface area contributed by atoms with Gasteiger partial charge in [-0.15, -0.1) is 0 Å². The summed E-state index contributed by atoms with van der Waals surface area (Å²) in [5.74, 6) is 1.51. The van der Waals surface area contributed by atoms with Gasteiger partial charge in [0.1, 0.15) is 11.5 Å². The average Bonchev–Trinajstić information content (AvgIpc) is 2.59. The Morgan fingerprint density at radius 2 is 1.91 bits per heavy atom. The van der Waals surface area contributed by atoms with Crippen molar-refractivity contribution in [2.75, 3.05) is 46.9 Å². The van der Waals surface area contributed by atoms with Gasteiger partial charge in [0.2, 0.25) is 5.91 Å². The molecule has 1 saturated heterocycles. The summed E-state index contributed by atoms with van der Waals surface area (Å²) in [4.78, 5) is 16.5. The van der Waals surface area contributed by atoms with Gasteiger partial charge in [0, 0.05) is 37.8 Å². The van der Waals surface area contributed by atoms with Gasteiger partial charge in [-0.1, -0.05) is 6.92 Å². The largest absolute Gasteiger partial charge is 0.497 e. The molecule has 0 radical (unpaired) electrons. The third-order valence-electron chi connectivity index (χ3n) is 3.97. The van der Waals surface area contributed by atoms with E-state index in [-0.39, 0.29) is 5.91 Å². The Bertz CT molecular complexity index is 535. The van der Waals surface area contributed by atoms with E-state index >= 15 is 0 Å². The van der Waals surface area contributed by atoms with Crippen molar-refractivity contribution in [3.8, 4) is 11.5 Å². The monoisotopic (exact) mass is 304 g/mol. The van der Waals surface area contributed by atoms with Gasteiger partial charge in [0.25, 0.3) is 0 Å². The van der Waals surface area contributed by atoms with E-state index in [1.54, 1.807) is 26.4 Å². The van der Waals surface area contributed by atoms with Crippen LogP contribution in [-0.2, 0) is 4.79 Å². The van der Waals surface area contributed by atoms with Crippen LogP contribution in [0.1, 0.15) is 12.5 Å². The summed E-state index contributed by atoms with van der Waals surface area (Å²) in [7, 11) is 3.23. The Morgan fingerprint density at radius 3 is 2.50 bits per heavy atom. The van der Waals surface area contributed by atoms with Gasteiger partial charge in [-0.2, -0.15) is 0 Å². The van der Waals surface area contributed by atoms with E-state index in [0.29, 0.717) is 0 Å². The van der Waals surface area contributed by atoms with Crippen molar-refractivity contribution in [2.45, 2.75) is 6.92 Å². The number of carbonyl (C=O) groups excluding carboxylic acids is 1. The van der Waals surface area contributed by atoms with Crippen molar-refractivity contribution < 1.29 is 14.3 Å². The second-order valence-corrected chi connectivity index (χ2v) is 5.20. The van der Waals surface area contributed by atoms with Crippen LogP contribution < -0.4 is 9.47 Å². The standard InChI is InChI=1S/C17H24N2O3/c1-4-18-9-11-19(12-10-18)17(20)8-5-14-13-15(21-2)6-7-16(14)22-3/h5-8,13H,4,9-12H2,1-3H3. The van der Waals surface area contributed by atoms with E-state index in [9.17, 15) is 4.79 Å². The van der Waals surface area contributed by atoms with E-state index in [2.05, 4.69) is 11.8 Å². The average molecular weight is 304 g/mol. The minimum Gasteiger partial charge on any atom is -0.497 e. The molecule has 1 amide bonds. The number of nitrogens with zero attached hydrogens (tertiary/aromatic N) is 2. The number of methoxy groups -OCH3 is 2. The van der Waals surface area contributed by atoms with E-state index in [1.165, 1.54) is 0 Å². The fraction of sp³-hybridized carbons (Fsp3) is 0.471. The lowest BCUT2D eigenvalue weighted by atomic mass is 10.1. The van der Waals surface area contributed by atoms with Crippen LogP contribution in [0.15, 0.2) is 24.3 Å². The number of amides is 1. The third kappa shape index (κ3) is 4.01. The summed E-state index contributed by atoms with van der Waals surface area (Å²) in [6, 6.07) is 5.53. The molecule has 1 aliphatic rings. The Labute approximate surface area is 132 Å². The highest BCUT2D eigenvalue weighted by atomic mass is 16.5. The first-order valence-corrected chi connectivity index (χ1v) is 7.59. The molecule has 5 nitrogen and oxygen atoms in total. The molecule has 0 N–H and O–H groups in total. The van der Waals surface area contributed by atoms with Crippen molar-refractivity contribution in [2.24, 2.45) is 0 Å². The molecule has 0 bridgehead atoms. The lowest BCUT2D eigenvalue weighted by molar-refractivity contribution is -0.127. The zero-order valence-corrected chi connectivity index (χ0v) is 13.5. The predicted octanol–water partition coefficient (Wildman–Crippen LogP) is 1.88. The van der Waals surface area contributed by atoms with Gasteiger partial charge in [-0.3, -0.25) is 4.79 Å². The highest BCUT2D eigenvalue weighted by molar-refractivity contribution is 5.92. The highest BCUT2D eigenvalue weighted by Crippen LogP contribution is 2.25. The number of hydrogen-bond acceptors (Lipinski definition) is 4. The molecule has 0 spiro atoms. The fourth-order valence-corrected chi connectivity index (χ4v) is 2.52. The minimum absolute atomic E-state index is 0.0422. The molecular weight excluding hydrogens is 280 g/mol. The van der Waals surface area contributed by atoms with Gasteiger partial charge >= 0.3 is 0 Å².